The maximum absolute atomic E-state index is 14.6. The molecule has 4 rings (SSSR count). The lowest BCUT2D eigenvalue weighted by Gasteiger charge is -2.10. The highest BCUT2D eigenvalue weighted by atomic mass is 35.5. The lowest BCUT2D eigenvalue weighted by molar-refractivity contribution is 0.286. The van der Waals surface area contributed by atoms with Crippen molar-refractivity contribution in [2.45, 2.75) is 26.2 Å². The molecule has 4 aromatic rings. The molecule has 154 valence electrons. The van der Waals surface area contributed by atoms with Crippen molar-refractivity contribution in [1.29, 1.82) is 0 Å². The quantitative estimate of drug-likeness (QED) is 0.284. The molecule has 0 atom stereocenters. The summed E-state index contributed by atoms with van der Waals surface area (Å²) >= 11 is 5.99. The normalized spacial score (nSPS) is 11.2. The van der Waals surface area contributed by atoms with Gasteiger partial charge in [-0.05, 0) is 54.4 Å². The molecular weight excluding hydrogens is 408 g/mol. The summed E-state index contributed by atoms with van der Waals surface area (Å²) in [5.74, 6) is -1.52. The van der Waals surface area contributed by atoms with Crippen molar-refractivity contribution in [2.24, 2.45) is 0 Å². The summed E-state index contributed by atoms with van der Waals surface area (Å²) in [6, 6.07) is 15.1. The molecule has 3 nitrogen and oxygen atoms in total. The number of oxazole rings is 1. The second kappa shape index (κ2) is 8.84. The summed E-state index contributed by atoms with van der Waals surface area (Å²) in [5, 5.41) is 0.577. The average molecular weight is 428 g/mol. The van der Waals surface area contributed by atoms with Gasteiger partial charge in [-0.25, -0.2) is 9.37 Å². The molecule has 0 bridgehead atoms. The Morgan fingerprint density at radius 3 is 2.47 bits per heavy atom. The van der Waals surface area contributed by atoms with Gasteiger partial charge < -0.3 is 9.15 Å². The van der Waals surface area contributed by atoms with Crippen LogP contribution in [0.3, 0.4) is 0 Å². The molecular formula is C24H20ClF2NO2. The van der Waals surface area contributed by atoms with E-state index in [0.29, 0.717) is 34.2 Å². The van der Waals surface area contributed by atoms with Crippen LogP contribution >= 0.6 is 11.6 Å². The van der Waals surface area contributed by atoms with E-state index >= 15 is 0 Å². The molecule has 0 radical (unpaired) electrons. The maximum atomic E-state index is 14.6. The van der Waals surface area contributed by atoms with Gasteiger partial charge in [0.1, 0.15) is 5.52 Å². The third-order valence-electron chi connectivity index (χ3n) is 4.84. The van der Waals surface area contributed by atoms with E-state index in [1.54, 1.807) is 42.5 Å². The van der Waals surface area contributed by atoms with Crippen LogP contribution in [0.2, 0.25) is 5.02 Å². The van der Waals surface area contributed by atoms with Gasteiger partial charge in [-0.15, -0.1) is 0 Å². The molecule has 0 amide bonds. The van der Waals surface area contributed by atoms with Crippen LogP contribution in [-0.4, -0.2) is 11.6 Å². The fraction of sp³-hybridized carbons (Fsp3) is 0.208. The second-order valence-electron chi connectivity index (χ2n) is 7.00. The first-order chi connectivity index (χ1) is 14.6. The summed E-state index contributed by atoms with van der Waals surface area (Å²) in [7, 11) is 0. The number of aromatic nitrogens is 1. The van der Waals surface area contributed by atoms with Gasteiger partial charge in [0.05, 0.1) is 6.61 Å². The van der Waals surface area contributed by atoms with Crippen LogP contribution in [0.1, 0.15) is 26.2 Å². The van der Waals surface area contributed by atoms with Gasteiger partial charge in [-0.1, -0.05) is 43.5 Å². The molecule has 0 spiro atoms. The SMILES string of the molecule is CCCCCOc1ccc(-c2ccc(-c3nc4cc(Cl)ccc4o3)cc2)c(F)c1F. The van der Waals surface area contributed by atoms with Gasteiger partial charge in [0.2, 0.25) is 11.7 Å². The number of nitrogens with zero attached hydrogens (tertiary/aromatic N) is 1. The van der Waals surface area contributed by atoms with Crippen LogP contribution in [0, 0.1) is 11.6 Å². The number of rotatable bonds is 7. The lowest BCUT2D eigenvalue weighted by atomic mass is 10.0. The zero-order valence-corrected chi connectivity index (χ0v) is 17.2. The van der Waals surface area contributed by atoms with Crippen molar-refractivity contribution in [2.75, 3.05) is 6.61 Å². The summed E-state index contributed by atoms with van der Waals surface area (Å²) in [6.45, 7) is 2.44. The van der Waals surface area contributed by atoms with Gasteiger partial charge in [0.15, 0.2) is 17.1 Å². The first kappa shape index (κ1) is 20.4. The zero-order valence-electron chi connectivity index (χ0n) is 16.4. The molecule has 3 aromatic carbocycles. The van der Waals surface area contributed by atoms with Crippen molar-refractivity contribution >= 4 is 22.7 Å². The van der Waals surface area contributed by atoms with Crippen molar-refractivity contribution < 1.29 is 17.9 Å². The molecule has 6 heteroatoms. The fourth-order valence-corrected chi connectivity index (χ4v) is 3.38. The zero-order chi connectivity index (χ0) is 21.1. The molecule has 1 aromatic heterocycles. The van der Waals surface area contributed by atoms with Gasteiger partial charge in [0.25, 0.3) is 0 Å². The van der Waals surface area contributed by atoms with Crippen molar-refractivity contribution in [3.63, 3.8) is 0 Å². The fourth-order valence-electron chi connectivity index (χ4n) is 3.22. The van der Waals surface area contributed by atoms with E-state index in [1.165, 1.54) is 12.1 Å². The smallest absolute Gasteiger partial charge is 0.227 e. The molecule has 0 aliphatic heterocycles. The largest absolute Gasteiger partial charge is 0.490 e. The Bertz CT molecular complexity index is 1170. The van der Waals surface area contributed by atoms with E-state index in [1.807, 2.05) is 0 Å². The second-order valence-corrected chi connectivity index (χ2v) is 7.44. The van der Waals surface area contributed by atoms with Crippen LogP contribution in [0.4, 0.5) is 8.78 Å². The Labute approximate surface area is 178 Å². The summed E-state index contributed by atoms with van der Waals surface area (Å²) in [5.41, 5.74) is 2.73. The minimum Gasteiger partial charge on any atom is -0.490 e. The van der Waals surface area contributed by atoms with Gasteiger partial charge >= 0.3 is 0 Å². The van der Waals surface area contributed by atoms with E-state index in [2.05, 4.69) is 11.9 Å². The Hall–Kier alpha value is -2.92. The van der Waals surface area contributed by atoms with Crippen LogP contribution in [0.15, 0.2) is 59.0 Å². The topological polar surface area (TPSA) is 35.3 Å². The van der Waals surface area contributed by atoms with E-state index in [0.717, 1.165) is 24.8 Å². The van der Waals surface area contributed by atoms with E-state index < -0.39 is 11.6 Å². The highest BCUT2D eigenvalue weighted by Crippen LogP contribution is 2.32. The Morgan fingerprint density at radius 2 is 1.70 bits per heavy atom. The number of ether oxygens (including phenoxy) is 1. The number of fused-ring (bicyclic) bond motifs is 1. The summed E-state index contributed by atoms with van der Waals surface area (Å²) in [6.07, 6.45) is 2.83. The van der Waals surface area contributed by atoms with E-state index in [-0.39, 0.29) is 11.3 Å². The van der Waals surface area contributed by atoms with Gasteiger partial charge in [-0.3, -0.25) is 0 Å². The third kappa shape index (κ3) is 4.17. The van der Waals surface area contributed by atoms with Crippen LogP contribution in [0.25, 0.3) is 33.7 Å². The number of halogens is 3. The number of hydrogen-bond acceptors (Lipinski definition) is 3. The Kier molecular flexibility index (Phi) is 6.00. The van der Waals surface area contributed by atoms with E-state index in [4.69, 9.17) is 20.8 Å². The predicted molar refractivity (Wildman–Crippen MR) is 115 cm³/mol. The molecule has 0 aliphatic carbocycles. The molecule has 0 fully saturated rings. The Balaban J connectivity index is 1.56. The summed E-state index contributed by atoms with van der Waals surface area (Å²) in [4.78, 5) is 4.43. The number of hydrogen-bond donors (Lipinski definition) is 0. The van der Waals surface area contributed by atoms with Crippen LogP contribution in [0.5, 0.6) is 5.75 Å². The molecule has 0 saturated heterocycles. The molecule has 0 aliphatic rings. The monoisotopic (exact) mass is 427 g/mol. The third-order valence-corrected chi connectivity index (χ3v) is 5.08. The predicted octanol–water partition coefficient (Wildman–Crippen LogP) is 7.66. The first-order valence-corrected chi connectivity index (χ1v) is 10.2. The molecule has 0 saturated carbocycles. The van der Waals surface area contributed by atoms with Crippen molar-refractivity contribution in [1.82, 2.24) is 4.98 Å². The Morgan fingerprint density at radius 1 is 0.933 bits per heavy atom. The van der Waals surface area contributed by atoms with Crippen LogP contribution < -0.4 is 4.74 Å². The van der Waals surface area contributed by atoms with Crippen molar-refractivity contribution in [3.05, 3.63) is 71.3 Å². The minimum absolute atomic E-state index is 0.0610. The highest BCUT2D eigenvalue weighted by Gasteiger charge is 2.16. The minimum atomic E-state index is -0.969. The molecule has 30 heavy (non-hydrogen) atoms. The molecule has 0 N–H and O–H groups in total. The van der Waals surface area contributed by atoms with Crippen LogP contribution in [-0.2, 0) is 0 Å². The van der Waals surface area contributed by atoms with Gasteiger partial charge in [-0.2, -0.15) is 4.39 Å². The number of benzene rings is 3. The summed E-state index contributed by atoms with van der Waals surface area (Å²) < 4.78 is 40.2. The van der Waals surface area contributed by atoms with E-state index in [9.17, 15) is 8.78 Å². The average Bonchev–Trinajstić information content (AvgIpc) is 3.17. The molecule has 0 unspecified atom stereocenters. The standard InChI is InChI=1S/C24H20ClF2NO2/c1-2-3-4-13-29-21-12-10-18(22(26)23(21)27)15-5-7-16(8-6-15)24-28-19-14-17(25)9-11-20(19)30-24/h5-12,14H,2-4,13H2,1H3. The van der Waals surface area contributed by atoms with Crippen molar-refractivity contribution in [3.8, 4) is 28.3 Å². The van der Waals surface area contributed by atoms with Gasteiger partial charge in [0, 0.05) is 16.1 Å². The number of unbranched alkanes of at least 4 members (excludes halogenated alkanes) is 2. The first-order valence-electron chi connectivity index (χ1n) is 9.84. The maximum Gasteiger partial charge on any atom is 0.227 e. The highest BCUT2D eigenvalue weighted by molar-refractivity contribution is 6.31. The lowest BCUT2D eigenvalue weighted by Crippen LogP contribution is -2.01. The molecule has 1 heterocycles.